The van der Waals surface area contributed by atoms with Crippen LogP contribution in [0.15, 0.2) is 170 Å². The van der Waals surface area contributed by atoms with Crippen LogP contribution in [0.5, 0.6) is 0 Å². The minimum atomic E-state index is 0. The SMILES string of the molecule is [HH].c1ccc(-n2c3ccccc3c3cc(-c4cccc(-c5ccc6c(c5)c5ccccc5n6-c5ccccc5)c4)ccc32)cc1. The van der Waals surface area contributed by atoms with E-state index in [0.717, 1.165) is 0 Å². The zero-order valence-corrected chi connectivity index (χ0v) is 24.1. The van der Waals surface area contributed by atoms with Crippen molar-refractivity contribution in [2.75, 3.05) is 0 Å². The molecule has 208 valence electrons. The van der Waals surface area contributed by atoms with Gasteiger partial charge in [0.15, 0.2) is 0 Å². The van der Waals surface area contributed by atoms with Crippen molar-refractivity contribution in [3.05, 3.63) is 170 Å². The van der Waals surface area contributed by atoms with E-state index in [1.807, 2.05) is 0 Å². The lowest BCUT2D eigenvalue weighted by atomic mass is 9.97. The molecular formula is C42H30N2. The van der Waals surface area contributed by atoms with Gasteiger partial charge in [0.25, 0.3) is 0 Å². The van der Waals surface area contributed by atoms with Gasteiger partial charge in [-0.1, -0.05) is 103 Å². The first-order chi connectivity index (χ1) is 21.8. The number of aromatic nitrogens is 2. The van der Waals surface area contributed by atoms with E-state index in [9.17, 15) is 0 Å². The van der Waals surface area contributed by atoms with Crippen molar-refractivity contribution in [1.29, 1.82) is 0 Å². The Morgan fingerprint density at radius 2 is 0.659 bits per heavy atom. The number of nitrogens with zero attached hydrogens (tertiary/aromatic N) is 2. The highest BCUT2D eigenvalue weighted by Gasteiger charge is 2.15. The van der Waals surface area contributed by atoms with E-state index in [0.29, 0.717) is 0 Å². The largest absolute Gasteiger partial charge is 0.309 e. The average Bonchev–Trinajstić information content (AvgIpc) is 3.61. The Morgan fingerprint density at radius 3 is 1.14 bits per heavy atom. The highest BCUT2D eigenvalue weighted by Crippen LogP contribution is 2.38. The van der Waals surface area contributed by atoms with Gasteiger partial charge in [-0.15, -0.1) is 0 Å². The van der Waals surface area contributed by atoms with Crippen LogP contribution in [0.1, 0.15) is 1.43 Å². The Labute approximate surface area is 257 Å². The van der Waals surface area contributed by atoms with E-state index in [-0.39, 0.29) is 1.43 Å². The zero-order valence-electron chi connectivity index (χ0n) is 24.1. The topological polar surface area (TPSA) is 9.86 Å². The molecule has 7 aromatic carbocycles. The lowest BCUT2D eigenvalue weighted by Crippen LogP contribution is -1.93. The van der Waals surface area contributed by atoms with Gasteiger partial charge < -0.3 is 9.13 Å². The van der Waals surface area contributed by atoms with Gasteiger partial charge in [-0.05, 0) is 89.0 Å². The summed E-state index contributed by atoms with van der Waals surface area (Å²) >= 11 is 0. The van der Waals surface area contributed by atoms with Crippen LogP contribution in [0, 0.1) is 0 Å². The van der Waals surface area contributed by atoms with Crippen LogP contribution in [-0.4, -0.2) is 9.13 Å². The predicted molar refractivity (Wildman–Crippen MR) is 188 cm³/mol. The quantitative estimate of drug-likeness (QED) is 0.202. The average molecular weight is 563 g/mol. The summed E-state index contributed by atoms with van der Waals surface area (Å²) in [5, 5.41) is 5.07. The number of hydrogen-bond donors (Lipinski definition) is 0. The predicted octanol–water partition coefficient (Wildman–Crippen LogP) is 11.5. The number of hydrogen-bond acceptors (Lipinski definition) is 0. The molecule has 0 fully saturated rings. The Balaban J connectivity index is 0.00000300. The highest BCUT2D eigenvalue weighted by molar-refractivity contribution is 6.11. The van der Waals surface area contributed by atoms with Crippen LogP contribution in [0.2, 0.25) is 0 Å². The molecule has 9 aromatic rings. The van der Waals surface area contributed by atoms with E-state index in [4.69, 9.17) is 0 Å². The molecule has 0 saturated heterocycles. The summed E-state index contributed by atoms with van der Waals surface area (Å²) in [5.41, 5.74) is 12.1. The van der Waals surface area contributed by atoms with E-state index < -0.39 is 0 Å². The Hall–Kier alpha value is -5.86. The first-order valence-corrected chi connectivity index (χ1v) is 15.1. The third-order valence-electron chi connectivity index (χ3n) is 8.90. The summed E-state index contributed by atoms with van der Waals surface area (Å²) < 4.78 is 4.73. The fourth-order valence-corrected chi connectivity index (χ4v) is 6.89. The molecule has 0 aliphatic heterocycles. The lowest BCUT2D eigenvalue weighted by molar-refractivity contribution is 1.18. The summed E-state index contributed by atoms with van der Waals surface area (Å²) in [5.74, 6) is 0. The molecule has 0 amide bonds. The first-order valence-electron chi connectivity index (χ1n) is 15.1. The zero-order chi connectivity index (χ0) is 29.0. The van der Waals surface area contributed by atoms with Gasteiger partial charge in [0, 0.05) is 34.3 Å². The third-order valence-corrected chi connectivity index (χ3v) is 8.90. The smallest absolute Gasteiger partial charge is 0.0541 e. The molecule has 0 saturated carbocycles. The molecule has 0 bridgehead atoms. The number of benzene rings is 7. The van der Waals surface area contributed by atoms with E-state index in [1.54, 1.807) is 0 Å². The minimum Gasteiger partial charge on any atom is -0.309 e. The maximum Gasteiger partial charge on any atom is 0.0541 e. The fourth-order valence-electron chi connectivity index (χ4n) is 6.89. The number of fused-ring (bicyclic) bond motifs is 6. The monoisotopic (exact) mass is 562 g/mol. The van der Waals surface area contributed by atoms with Gasteiger partial charge >= 0.3 is 0 Å². The van der Waals surface area contributed by atoms with Crippen LogP contribution < -0.4 is 0 Å². The molecule has 0 radical (unpaired) electrons. The number of rotatable bonds is 4. The summed E-state index contributed by atoms with van der Waals surface area (Å²) in [7, 11) is 0. The molecule has 2 aromatic heterocycles. The maximum absolute atomic E-state index is 2.37. The lowest BCUT2D eigenvalue weighted by Gasteiger charge is -2.10. The van der Waals surface area contributed by atoms with Crippen LogP contribution in [0.4, 0.5) is 0 Å². The van der Waals surface area contributed by atoms with E-state index in [2.05, 4.69) is 179 Å². The molecule has 0 atom stereocenters. The molecule has 0 spiro atoms. The van der Waals surface area contributed by atoms with Gasteiger partial charge in [-0.25, -0.2) is 0 Å². The molecule has 2 heterocycles. The highest BCUT2D eigenvalue weighted by atomic mass is 15.0. The van der Waals surface area contributed by atoms with Gasteiger partial charge in [0.05, 0.1) is 22.1 Å². The van der Waals surface area contributed by atoms with E-state index in [1.165, 1.54) is 77.2 Å². The normalized spacial score (nSPS) is 11.6. The van der Waals surface area contributed by atoms with Crippen LogP contribution in [0.25, 0.3) is 77.2 Å². The molecule has 9 rings (SSSR count). The maximum atomic E-state index is 2.37. The van der Waals surface area contributed by atoms with Gasteiger partial charge in [-0.3, -0.25) is 0 Å². The fraction of sp³-hybridized carbons (Fsp3) is 0. The van der Waals surface area contributed by atoms with Crippen molar-refractivity contribution in [2.45, 2.75) is 0 Å². The van der Waals surface area contributed by atoms with Crippen molar-refractivity contribution in [3.8, 4) is 33.6 Å². The van der Waals surface area contributed by atoms with E-state index >= 15 is 0 Å². The second-order valence-corrected chi connectivity index (χ2v) is 11.4. The first kappa shape index (κ1) is 24.7. The van der Waals surface area contributed by atoms with Crippen molar-refractivity contribution < 1.29 is 1.43 Å². The number of para-hydroxylation sites is 4. The van der Waals surface area contributed by atoms with Gasteiger partial charge in [-0.2, -0.15) is 0 Å². The molecule has 0 unspecified atom stereocenters. The molecule has 2 heteroatoms. The summed E-state index contributed by atoms with van der Waals surface area (Å²) in [6.07, 6.45) is 0. The second kappa shape index (κ2) is 9.86. The minimum absolute atomic E-state index is 0. The Bertz CT molecular complexity index is 2310. The molecule has 0 aliphatic carbocycles. The van der Waals surface area contributed by atoms with Gasteiger partial charge in [0.2, 0.25) is 0 Å². The summed E-state index contributed by atoms with van der Waals surface area (Å²) in [6, 6.07) is 61.4. The summed E-state index contributed by atoms with van der Waals surface area (Å²) in [4.78, 5) is 0. The van der Waals surface area contributed by atoms with Crippen molar-refractivity contribution in [2.24, 2.45) is 0 Å². The van der Waals surface area contributed by atoms with Gasteiger partial charge in [0.1, 0.15) is 0 Å². The van der Waals surface area contributed by atoms with Crippen LogP contribution in [0.3, 0.4) is 0 Å². The molecule has 0 aliphatic rings. The Morgan fingerprint density at radius 1 is 0.273 bits per heavy atom. The van der Waals surface area contributed by atoms with Crippen molar-refractivity contribution in [3.63, 3.8) is 0 Å². The van der Waals surface area contributed by atoms with Crippen LogP contribution >= 0.6 is 0 Å². The van der Waals surface area contributed by atoms with Crippen LogP contribution in [-0.2, 0) is 0 Å². The Kier molecular flexibility index (Phi) is 5.54. The molecule has 0 N–H and O–H groups in total. The van der Waals surface area contributed by atoms with Crippen molar-refractivity contribution >= 4 is 43.6 Å². The van der Waals surface area contributed by atoms with Crippen molar-refractivity contribution in [1.82, 2.24) is 9.13 Å². The third kappa shape index (κ3) is 3.82. The standard InChI is InChI=1S/C42H28N2.H2/c1-3-14-33(15-4-1)43-39-20-9-7-18-35(39)37-27-31(22-24-41(37)43)29-12-11-13-30(26-29)32-23-25-42-38(28-32)36-19-8-10-21-40(36)44(42)34-16-5-2-6-17-34;/h1-28H;1H. The molecule has 44 heavy (non-hydrogen) atoms. The second-order valence-electron chi connectivity index (χ2n) is 11.4. The summed E-state index contributed by atoms with van der Waals surface area (Å²) in [6.45, 7) is 0. The molecule has 2 nitrogen and oxygen atoms in total. The molecular weight excluding hydrogens is 532 g/mol.